The number of aliphatic hydroxyl groups excluding tert-OH is 1. The van der Waals surface area contributed by atoms with Gasteiger partial charge < -0.3 is 14.6 Å². The van der Waals surface area contributed by atoms with E-state index in [9.17, 15) is 15.0 Å². The van der Waals surface area contributed by atoms with E-state index in [0.29, 0.717) is 18.1 Å². The molecule has 0 aromatic carbocycles. The number of carboxylic acid groups (broad SMARTS) is 1. The SMILES string of the molecule is C=CCC[C@H](C)Cc1cc(C(=O)O)c([C@H](O)[C@@H](CCC(=C)C)C(C)C)o1. The molecule has 146 valence electrons. The zero-order valence-corrected chi connectivity index (χ0v) is 16.6. The van der Waals surface area contributed by atoms with E-state index in [1.165, 1.54) is 0 Å². The van der Waals surface area contributed by atoms with Crippen LogP contribution in [0, 0.1) is 17.8 Å². The van der Waals surface area contributed by atoms with Crippen molar-refractivity contribution in [2.45, 2.75) is 65.9 Å². The third kappa shape index (κ3) is 6.49. The second-order valence-electron chi connectivity index (χ2n) is 7.82. The first kappa shape index (κ1) is 22.2. The van der Waals surface area contributed by atoms with E-state index in [1.807, 2.05) is 26.8 Å². The minimum Gasteiger partial charge on any atom is -0.478 e. The van der Waals surface area contributed by atoms with Crippen molar-refractivity contribution in [1.82, 2.24) is 0 Å². The summed E-state index contributed by atoms with van der Waals surface area (Å²) in [7, 11) is 0. The molecule has 1 aromatic heterocycles. The molecular formula is C22H34O4. The predicted octanol–water partition coefficient (Wildman–Crippen LogP) is 5.78. The number of aliphatic hydroxyl groups is 1. The van der Waals surface area contributed by atoms with Gasteiger partial charge in [0.05, 0.1) is 0 Å². The molecule has 0 bridgehead atoms. The molecule has 0 fully saturated rings. The van der Waals surface area contributed by atoms with Gasteiger partial charge >= 0.3 is 5.97 Å². The van der Waals surface area contributed by atoms with Crippen LogP contribution in [0.3, 0.4) is 0 Å². The van der Waals surface area contributed by atoms with Crippen molar-refractivity contribution in [3.63, 3.8) is 0 Å². The maximum atomic E-state index is 11.7. The van der Waals surface area contributed by atoms with Crippen LogP contribution in [0.5, 0.6) is 0 Å². The van der Waals surface area contributed by atoms with E-state index in [0.717, 1.165) is 31.3 Å². The van der Waals surface area contributed by atoms with Crippen LogP contribution in [0.1, 0.15) is 81.4 Å². The summed E-state index contributed by atoms with van der Waals surface area (Å²) in [5, 5.41) is 20.4. The highest BCUT2D eigenvalue weighted by Gasteiger charge is 2.31. The van der Waals surface area contributed by atoms with Gasteiger partial charge in [-0.15, -0.1) is 13.2 Å². The van der Waals surface area contributed by atoms with Gasteiger partial charge in [-0.2, -0.15) is 0 Å². The Morgan fingerprint density at radius 1 is 1.31 bits per heavy atom. The Balaban J connectivity index is 3.05. The van der Waals surface area contributed by atoms with E-state index in [-0.39, 0.29) is 23.2 Å². The molecule has 0 saturated carbocycles. The topological polar surface area (TPSA) is 70.7 Å². The average molecular weight is 363 g/mol. The lowest BCUT2D eigenvalue weighted by atomic mass is 9.83. The molecule has 0 aliphatic rings. The smallest absolute Gasteiger partial charge is 0.339 e. The first-order chi connectivity index (χ1) is 12.2. The zero-order valence-electron chi connectivity index (χ0n) is 16.6. The van der Waals surface area contributed by atoms with Gasteiger partial charge in [0.2, 0.25) is 0 Å². The van der Waals surface area contributed by atoms with Crippen LogP contribution in [0.25, 0.3) is 0 Å². The van der Waals surface area contributed by atoms with Crippen molar-refractivity contribution in [1.29, 1.82) is 0 Å². The maximum absolute atomic E-state index is 11.7. The predicted molar refractivity (Wildman–Crippen MR) is 105 cm³/mol. The molecule has 3 atom stereocenters. The normalized spacial score (nSPS) is 14.8. The Kier molecular flexibility index (Phi) is 8.86. The van der Waals surface area contributed by atoms with Gasteiger partial charge in [0.15, 0.2) is 0 Å². The van der Waals surface area contributed by atoms with Gasteiger partial charge in [-0.05, 0) is 56.4 Å². The summed E-state index contributed by atoms with van der Waals surface area (Å²) in [4.78, 5) is 11.7. The van der Waals surface area contributed by atoms with E-state index >= 15 is 0 Å². The Morgan fingerprint density at radius 2 is 1.96 bits per heavy atom. The molecule has 1 aromatic rings. The van der Waals surface area contributed by atoms with Gasteiger partial charge in [-0.3, -0.25) is 0 Å². The largest absolute Gasteiger partial charge is 0.478 e. The molecule has 1 rings (SSSR count). The van der Waals surface area contributed by atoms with Crippen molar-refractivity contribution < 1.29 is 19.4 Å². The molecule has 0 saturated heterocycles. The fourth-order valence-electron chi connectivity index (χ4n) is 3.26. The van der Waals surface area contributed by atoms with Crippen LogP contribution in [0.2, 0.25) is 0 Å². The molecule has 2 N–H and O–H groups in total. The lowest BCUT2D eigenvalue weighted by Gasteiger charge is -2.25. The molecule has 26 heavy (non-hydrogen) atoms. The summed E-state index contributed by atoms with van der Waals surface area (Å²) < 4.78 is 5.85. The van der Waals surface area contributed by atoms with Gasteiger partial charge in [0.1, 0.15) is 23.2 Å². The summed E-state index contributed by atoms with van der Waals surface area (Å²) in [6, 6.07) is 1.57. The van der Waals surface area contributed by atoms with Crippen molar-refractivity contribution in [2.75, 3.05) is 0 Å². The summed E-state index contributed by atoms with van der Waals surface area (Å²) in [6.45, 7) is 15.8. The number of rotatable bonds is 12. The third-order valence-electron chi connectivity index (χ3n) is 4.89. The zero-order chi connectivity index (χ0) is 19.9. The van der Waals surface area contributed by atoms with Gasteiger partial charge in [0, 0.05) is 6.42 Å². The van der Waals surface area contributed by atoms with Crippen molar-refractivity contribution in [2.24, 2.45) is 17.8 Å². The highest BCUT2D eigenvalue weighted by Crippen LogP contribution is 2.36. The van der Waals surface area contributed by atoms with Crippen LogP contribution in [-0.4, -0.2) is 16.2 Å². The first-order valence-corrected chi connectivity index (χ1v) is 9.46. The van der Waals surface area contributed by atoms with Crippen molar-refractivity contribution in [3.8, 4) is 0 Å². The van der Waals surface area contributed by atoms with E-state index in [1.54, 1.807) is 6.07 Å². The van der Waals surface area contributed by atoms with Crippen LogP contribution < -0.4 is 0 Å². The summed E-state index contributed by atoms with van der Waals surface area (Å²) in [5.41, 5.74) is 1.13. The molecule has 0 amide bonds. The molecular weight excluding hydrogens is 328 g/mol. The van der Waals surface area contributed by atoms with Gasteiger partial charge in [0.25, 0.3) is 0 Å². The molecule has 4 nitrogen and oxygen atoms in total. The molecule has 0 radical (unpaired) electrons. The number of furan rings is 1. The molecule has 4 heteroatoms. The minimum absolute atomic E-state index is 0.0735. The Labute approximate surface area is 157 Å². The number of aromatic carboxylic acids is 1. The summed E-state index contributed by atoms with van der Waals surface area (Å²) >= 11 is 0. The van der Waals surface area contributed by atoms with E-state index in [2.05, 4.69) is 20.1 Å². The number of hydrogen-bond donors (Lipinski definition) is 2. The summed E-state index contributed by atoms with van der Waals surface area (Å²) in [5.74, 6) is 0.220. The molecule has 0 aliphatic heterocycles. The highest BCUT2D eigenvalue weighted by molar-refractivity contribution is 5.89. The molecule has 1 heterocycles. The molecule has 0 unspecified atom stereocenters. The van der Waals surface area contributed by atoms with Gasteiger partial charge in [-0.1, -0.05) is 32.4 Å². The third-order valence-corrected chi connectivity index (χ3v) is 4.89. The number of allylic oxidation sites excluding steroid dienone is 2. The Morgan fingerprint density at radius 3 is 2.46 bits per heavy atom. The van der Waals surface area contributed by atoms with Crippen LogP contribution >= 0.6 is 0 Å². The van der Waals surface area contributed by atoms with Crippen molar-refractivity contribution in [3.05, 3.63) is 48.0 Å². The standard InChI is InChI=1S/C22H34O4/c1-7-8-9-16(6)12-17-13-19(22(24)25)21(26-17)20(23)18(15(4)5)11-10-14(2)3/h7,13,15-16,18,20,23H,1-2,8-12H2,3-6H3,(H,24,25)/t16-,18-,20+/m0/s1. The molecule has 0 spiro atoms. The lowest BCUT2D eigenvalue weighted by molar-refractivity contribution is 0.0506. The molecule has 0 aliphatic carbocycles. The highest BCUT2D eigenvalue weighted by atomic mass is 16.4. The first-order valence-electron chi connectivity index (χ1n) is 9.46. The minimum atomic E-state index is -1.06. The van der Waals surface area contributed by atoms with Crippen LogP contribution in [-0.2, 0) is 6.42 Å². The fraction of sp³-hybridized carbons (Fsp3) is 0.591. The van der Waals surface area contributed by atoms with E-state index < -0.39 is 12.1 Å². The second kappa shape index (κ2) is 10.4. The van der Waals surface area contributed by atoms with Crippen molar-refractivity contribution >= 4 is 5.97 Å². The van der Waals surface area contributed by atoms with Gasteiger partial charge in [-0.25, -0.2) is 4.79 Å². The van der Waals surface area contributed by atoms with Crippen LogP contribution in [0.4, 0.5) is 0 Å². The second-order valence-corrected chi connectivity index (χ2v) is 7.82. The Bertz CT molecular complexity index is 612. The summed E-state index contributed by atoms with van der Waals surface area (Å²) in [6.07, 6.45) is 5.03. The number of hydrogen-bond acceptors (Lipinski definition) is 3. The van der Waals surface area contributed by atoms with E-state index in [4.69, 9.17) is 4.42 Å². The van der Waals surface area contributed by atoms with Crippen LogP contribution in [0.15, 0.2) is 35.3 Å². The Hall–Kier alpha value is -1.81. The lowest BCUT2D eigenvalue weighted by Crippen LogP contribution is -2.20. The quantitative estimate of drug-likeness (QED) is 0.462. The number of carboxylic acids is 1. The average Bonchev–Trinajstić information content (AvgIpc) is 2.96. The maximum Gasteiger partial charge on any atom is 0.339 e. The monoisotopic (exact) mass is 362 g/mol. The number of carbonyl (C=O) groups is 1. The fourth-order valence-corrected chi connectivity index (χ4v) is 3.26.